The highest BCUT2D eigenvalue weighted by Gasteiger charge is 2.17. The van der Waals surface area contributed by atoms with Gasteiger partial charge in [0.05, 0.1) is 6.54 Å². The molecule has 2 aromatic rings. The predicted molar refractivity (Wildman–Crippen MR) is 91.5 cm³/mol. The SMILES string of the molecule is CN(C)C(CNCC(=O)c1ccc(F)cc1)c1ccccc1Cl. The normalized spacial score (nSPS) is 12.4. The molecule has 2 aromatic carbocycles. The van der Waals surface area contributed by atoms with E-state index in [9.17, 15) is 9.18 Å². The largest absolute Gasteiger partial charge is 0.308 e. The van der Waals surface area contributed by atoms with Crippen molar-refractivity contribution in [2.45, 2.75) is 6.04 Å². The Morgan fingerprint density at radius 3 is 2.43 bits per heavy atom. The van der Waals surface area contributed by atoms with E-state index >= 15 is 0 Å². The first-order valence-electron chi connectivity index (χ1n) is 7.39. The molecule has 0 aromatic heterocycles. The Morgan fingerprint density at radius 2 is 1.83 bits per heavy atom. The van der Waals surface area contributed by atoms with Crippen molar-refractivity contribution >= 4 is 17.4 Å². The lowest BCUT2D eigenvalue weighted by atomic mass is 10.1. The first kappa shape index (κ1) is 17.6. The lowest BCUT2D eigenvalue weighted by Crippen LogP contribution is -2.34. The molecule has 23 heavy (non-hydrogen) atoms. The number of likely N-dealkylation sites (N-methyl/N-ethyl adjacent to an activating group) is 1. The van der Waals surface area contributed by atoms with Crippen molar-refractivity contribution in [1.82, 2.24) is 10.2 Å². The van der Waals surface area contributed by atoms with Gasteiger partial charge in [0, 0.05) is 23.2 Å². The van der Waals surface area contributed by atoms with Crippen molar-refractivity contribution in [3.8, 4) is 0 Å². The molecule has 0 radical (unpaired) electrons. The van der Waals surface area contributed by atoms with Gasteiger partial charge in [-0.2, -0.15) is 0 Å². The van der Waals surface area contributed by atoms with Crippen LogP contribution in [0.4, 0.5) is 4.39 Å². The first-order chi connectivity index (χ1) is 11.0. The predicted octanol–water partition coefficient (Wildman–Crippen LogP) is 3.55. The second-order valence-corrected chi connectivity index (χ2v) is 5.97. The standard InChI is InChI=1S/C18H20ClFN2O/c1-22(2)17(15-5-3-4-6-16(15)19)11-21-12-18(23)13-7-9-14(20)10-8-13/h3-10,17,21H,11-12H2,1-2H3. The maximum absolute atomic E-state index is 12.9. The van der Waals surface area contributed by atoms with Crippen LogP contribution in [0.2, 0.25) is 5.02 Å². The summed E-state index contributed by atoms with van der Waals surface area (Å²) in [5.74, 6) is -0.414. The number of hydrogen-bond acceptors (Lipinski definition) is 3. The second kappa shape index (κ2) is 8.20. The number of hydrogen-bond donors (Lipinski definition) is 1. The van der Waals surface area contributed by atoms with Gasteiger partial charge in [-0.15, -0.1) is 0 Å². The maximum atomic E-state index is 12.9. The van der Waals surface area contributed by atoms with Gasteiger partial charge in [0.1, 0.15) is 5.82 Å². The number of Topliss-reactive ketones (excluding diaryl/α,β-unsaturated/α-hetero) is 1. The molecule has 0 aliphatic heterocycles. The maximum Gasteiger partial charge on any atom is 0.176 e. The summed E-state index contributed by atoms with van der Waals surface area (Å²) in [6, 6.07) is 13.3. The summed E-state index contributed by atoms with van der Waals surface area (Å²) in [5.41, 5.74) is 1.51. The monoisotopic (exact) mass is 334 g/mol. The van der Waals surface area contributed by atoms with Crippen LogP contribution in [0.15, 0.2) is 48.5 Å². The fraction of sp³-hybridized carbons (Fsp3) is 0.278. The lowest BCUT2D eigenvalue weighted by Gasteiger charge is -2.26. The molecule has 0 amide bonds. The highest BCUT2D eigenvalue weighted by Crippen LogP contribution is 2.25. The Labute approximate surface area is 141 Å². The minimum absolute atomic E-state index is 0.0599. The molecule has 5 heteroatoms. The van der Waals surface area contributed by atoms with E-state index in [0.717, 1.165) is 5.56 Å². The van der Waals surface area contributed by atoms with Crippen LogP contribution in [0.5, 0.6) is 0 Å². The van der Waals surface area contributed by atoms with E-state index in [0.29, 0.717) is 17.1 Å². The van der Waals surface area contributed by atoms with Gasteiger partial charge in [0.25, 0.3) is 0 Å². The number of nitrogens with zero attached hydrogens (tertiary/aromatic N) is 1. The van der Waals surface area contributed by atoms with Gasteiger partial charge >= 0.3 is 0 Å². The number of carbonyl (C=O) groups excluding carboxylic acids is 1. The summed E-state index contributed by atoms with van der Waals surface area (Å²) in [5, 5.41) is 3.87. The van der Waals surface area contributed by atoms with Gasteiger partial charge in [0.2, 0.25) is 0 Å². The minimum atomic E-state index is -0.346. The van der Waals surface area contributed by atoms with Gasteiger partial charge < -0.3 is 10.2 Å². The lowest BCUT2D eigenvalue weighted by molar-refractivity contribution is 0.0988. The fourth-order valence-corrected chi connectivity index (χ4v) is 2.64. The van der Waals surface area contributed by atoms with E-state index in [1.165, 1.54) is 24.3 Å². The Hall–Kier alpha value is -1.75. The van der Waals surface area contributed by atoms with E-state index in [4.69, 9.17) is 11.6 Å². The molecule has 0 bridgehead atoms. The zero-order chi connectivity index (χ0) is 16.8. The van der Waals surface area contributed by atoms with E-state index in [1.54, 1.807) is 0 Å². The Balaban J connectivity index is 1.96. The topological polar surface area (TPSA) is 32.3 Å². The van der Waals surface area contributed by atoms with Crippen LogP contribution >= 0.6 is 11.6 Å². The van der Waals surface area contributed by atoms with Crippen molar-refractivity contribution in [1.29, 1.82) is 0 Å². The van der Waals surface area contributed by atoms with E-state index in [-0.39, 0.29) is 24.2 Å². The molecule has 122 valence electrons. The highest BCUT2D eigenvalue weighted by atomic mass is 35.5. The van der Waals surface area contributed by atoms with Gasteiger partial charge in [-0.25, -0.2) is 4.39 Å². The summed E-state index contributed by atoms with van der Waals surface area (Å²) in [6.45, 7) is 0.782. The van der Waals surface area contributed by atoms with Crippen molar-refractivity contribution in [3.05, 3.63) is 70.5 Å². The summed E-state index contributed by atoms with van der Waals surface area (Å²) in [4.78, 5) is 14.1. The van der Waals surface area contributed by atoms with Crippen LogP contribution in [-0.4, -0.2) is 37.9 Å². The fourth-order valence-electron chi connectivity index (χ4n) is 2.38. The molecule has 0 aliphatic rings. The third-order valence-electron chi connectivity index (χ3n) is 3.68. The van der Waals surface area contributed by atoms with Crippen molar-refractivity contribution < 1.29 is 9.18 Å². The Kier molecular flexibility index (Phi) is 6.28. The smallest absolute Gasteiger partial charge is 0.176 e. The number of carbonyl (C=O) groups is 1. The molecule has 1 atom stereocenters. The molecule has 1 N–H and O–H groups in total. The molecule has 0 fully saturated rings. The van der Waals surface area contributed by atoms with Gasteiger partial charge in [-0.1, -0.05) is 29.8 Å². The number of benzene rings is 2. The third-order valence-corrected chi connectivity index (χ3v) is 4.02. The number of halogens is 2. The molecular weight excluding hydrogens is 315 g/mol. The molecule has 0 saturated heterocycles. The third kappa shape index (κ3) is 4.86. The van der Waals surface area contributed by atoms with Crippen LogP contribution in [0.1, 0.15) is 22.0 Å². The van der Waals surface area contributed by atoms with Crippen molar-refractivity contribution in [3.63, 3.8) is 0 Å². The van der Waals surface area contributed by atoms with Crippen molar-refractivity contribution in [2.24, 2.45) is 0 Å². The van der Waals surface area contributed by atoms with Crippen LogP contribution in [0.25, 0.3) is 0 Å². The van der Waals surface area contributed by atoms with Crippen LogP contribution in [0.3, 0.4) is 0 Å². The van der Waals surface area contributed by atoms with E-state index in [2.05, 4.69) is 10.2 Å². The number of ketones is 1. The average molecular weight is 335 g/mol. The average Bonchev–Trinajstić information content (AvgIpc) is 2.53. The molecule has 3 nitrogen and oxygen atoms in total. The van der Waals surface area contributed by atoms with Crippen LogP contribution < -0.4 is 5.32 Å². The zero-order valence-corrected chi connectivity index (χ0v) is 14.0. The van der Waals surface area contributed by atoms with Crippen LogP contribution in [-0.2, 0) is 0 Å². The molecule has 1 unspecified atom stereocenters. The highest BCUT2D eigenvalue weighted by molar-refractivity contribution is 6.31. The number of nitrogens with one attached hydrogen (secondary N) is 1. The zero-order valence-electron chi connectivity index (χ0n) is 13.2. The molecule has 0 spiro atoms. The van der Waals surface area contributed by atoms with Crippen molar-refractivity contribution in [2.75, 3.05) is 27.2 Å². The second-order valence-electron chi connectivity index (χ2n) is 5.56. The quantitative estimate of drug-likeness (QED) is 0.786. The minimum Gasteiger partial charge on any atom is -0.308 e. The Bertz CT molecular complexity index is 658. The van der Waals surface area contributed by atoms with E-state index in [1.807, 2.05) is 38.4 Å². The molecule has 0 saturated carbocycles. The molecule has 0 aliphatic carbocycles. The molecular formula is C18H20ClFN2O. The van der Waals surface area contributed by atoms with Gasteiger partial charge in [-0.3, -0.25) is 4.79 Å². The molecule has 2 rings (SSSR count). The summed E-state index contributed by atoms with van der Waals surface area (Å²) < 4.78 is 12.9. The summed E-state index contributed by atoms with van der Waals surface area (Å²) in [7, 11) is 3.94. The summed E-state index contributed by atoms with van der Waals surface area (Å²) in [6.07, 6.45) is 0. The van der Waals surface area contributed by atoms with Gasteiger partial charge in [-0.05, 0) is 50.0 Å². The Morgan fingerprint density at radius 1 is 1.17 bits per heavy atom. The number of rotatable bonds is 7. The van der Waals surface area contributed by atoms with Crippen LogP contribution in [0, 0.1) is 5.82 Å². The molecule has 0 heterocycles. The summed E-state index contributed by atoms with van der Waals surface area (Å²) >= 11 is 6.26. The van der Waals surface area contributed by atoms with Gasteiger partial charge in [0.15, 0.2) is 5.78 Å². The van der Waals surface area contributed by atoms with E-state index < -0.39 is 0 Å². The first-order valence-corrected chi connectivity index (χ1v) is 7.77.